The summed E-state index contributed by atoms with van der Waals surface area (Å²) >= 11 is 0. The molecule has 30 heavy (non-hydrogen) atoms. The zero-order valence-electron chi connectivity index (χ0n) is 18.1. The van der Waals surface area contributed by atoms with Crippen LogP contribution in [0.15, 0.2) is 54.7 Å². The van der Waals surface area contributed by atoms with Gasteiger partial charge in [0, 0.05) is 69.5 Å². The Labute approximate surface area is 179 Å². The third-order valence-corrected chi connectivity index (χ3v) is 6.14. The fourth-order valence-electron chi connectivity index (χ4n) is 4.62. The molecule has 0 saturated carbocycles. The van der Waals surface area contributed by atoms with Crippen LogP contribution in [0.2, 0.25) is 0 Å². The second kappa shape index (κ2) is 9.65. The number of fused-ring (bicyclic) bond motifs is 1. The molecular formula is C25H33N3O2. The van der Waals surface area contributed by atoms with E-state index in [2.05, 4.69) is 76.1 Å². The molecule has 1 fully saturated rings. The molecule has 0 unspecified atom stereocenters. The summed E-state index contributed by atoms with van der Waals surface area (Å²) in [5.41, 5.74) is 3.97. The molecule has 4 rings (SSSR count). The predicted octanol–water partition coefficient (Wildman–Crippen LogP) is 3.65. The summed E-state index contributed by atoms with van der Waals surface area (Å²) in [5.74, 6) is 0.924. The lowest BCUT2D eigenvalue weighted by Gasteiger charge is -2.41. The molecule has 5 nitrogen and oxygen atoms in total. The zero-order valence-corrected chi connectivity index (χ0v) is 18.1. The Morgan fingerprint density at radius 3 is 2.60 bits per heavy atom. The second-order valence-electron chi connectivity index (χ2n) is 8.23. The van der Waals surface area contributed by atoms with Gasteiger partial charge in [-0.05, 0) is 42.7 Å². The van der Waals surface area contributed by atoms with Gasteiger partial charge in [0.05, 0.1) is 6.61 Å². The Morgan fingerprint density at radius 2 is 1.83 bits per heavy atom. The Balaban J connectivity index is 1.42. The quantitative estimate of drug-likeness (QED) is 0.619. The third-order valence-electron chi connectivity index (χ3n) is 6.14. The predicted molar refractivity (Wildman–Crippen MR) is 122 cm³/mol. The van der Waals surface area contributed by atoms with Gasteiger partial charge in [0.25, 0.3) is 0 Å². The summed E-state index contributed by atoms with van der Waals surface area (Å²) in [4.78, 5) is 5.06. The highest BCUT2D eigenvalue weighted by Gasteiger charge is 2.27. The van der Waals surface area contributed by atoms with E-state index in [4.69, 9.17) is 4.74 Å². The van der Waals surface area contributed by atoms with Crippen molar-refractivity contribution in [3.05, 3.63) is 65.9 Å². The van der Waals surface area contributed by atoms with E-state index < -0.39 is 0 Å². The van der Waals surface area contributed by atoms with Gasteiger partial charge >= 0.3 is 0 Å². The summed E-state index contributed by atoms with van der Waals surface area (Å²) in [6.45, 7) is 7.85. The molecule has 0 aliphatic carbocycles. The van der Waals surface area contributed by atoms with Crippen LogP contribution in [-0.4, -0.2) is 58.4 Å². The summed E-state index contributed by atoms with van der Waals surface area (Å²) in [7, 11) is 2.12. The van der Waals surface area contributed by atoms with Gasteiger partial charge in [-0.3, -0.25) is 9.80 Å². The largest absolute Gasteiger partial charge is 0.494 e. The Kier molecular flexibility index (Phi) is 6.72. The lowest BCUT2D eigenvalue weighted by atomic mass is 10.1. The zero-order chi connectivity index (χ0) is 20.9. The number of nitrogens with zero attached hydrogens (tertiary/aromatic N) is 3. The summed E-state index contributed by atoms with van der Waals surface area (Å²) in [5, 5.41) is 11.0. The van der Waals surface area contributed by atoms with Crippen LogP contribution in [-0.2, 0) is 20.1 Å². The SMILES string of the molecule is CCOc1ccc(CN2CCN(Cc3cn(C)c4ccccc34)C[C@@H]2CCO)cc1. The van der Waals surface area contributed by atoms with Gasteiger partial charge in [-0.2, -0.15) is 0 Å². The van der Waals surface area contributed by atoms with Crippen LogP contribution in [0.1, 0.15) is 24.5 Å². The fraction of sp³-hybridized carbons (Fsp3) is 0.440. The maximum Gasteiger partial charge on any atom is 0.119 e. The molecule has 1 saturated heterocycles. The number of ether oxygens (including phenoxy) is 1. The van der Waals surface area contributed by atoms with Crippen LogP contribution in [0.4, 0.5) is 0 Å². The normalized spacial score (nSPS) is 18.2. The van der Waals surface area contributed by atoms with E-state index in [1.165, 1.54) is 22.0 Å². The van der Waals surface area contributed by atoms with Crippen LogP contribution in [0.25, 0.3) is 10.9 Å². The number of hydrogen-bond donors (Lipinski definition) is 1. The first kappa shape index (κ1) is 20.9. The van der Waals surface area contributed by atoms with Crippen molar-refractivity contribution in [1.82, 2.24) is 14.4 Å². The molecule has 1 aliphatic heterocycles. The Morgan fingerprint density at radius 1 is 1.03 bits per heavy atom. The standard InChI is InChI=1S/C25H33N3O2/c1-3-30-23-10-8-20(9-11-23)16-28-14-13-27(19-22(28)12-15-29)18-21-17-26(2)25-7-5-4-6-24(21)25/h4-11,17,22,29H,3,12-16,18-19H2,1-2H3/t22-/m0/s1. The van der Waals surface area contributed by atoms with Gasteiger partial charge < -0.3 is 14.4 Å². The van der Waals surface area contributed by atoms with Crippen molar-refractivity contribution >= 4 is 10.9 Å². The molecule has 1 atom stereocenters. The Hall–Kier alpha value is -2.34. The van der Waals surface area contributed by atoms with Crippen LogP contribution < -0.4 is 4.74 Å². The molecule has 1 N–H and O–H groups in total. The molecule has 0 amide bonds. The van der Waals surface area contributed by atoms with E-state index in [1.54, 1.807) is 0 Å². The second-order valence-corrected chi connectivity index (χ2v) is 8.23. The van der Waals surface area contributed by atoms with Crippen molar-refractivity contribution in [3.63, 3.8) is 0 Å². The maximum absolute atomic E-state index is 9.65. The molecule has 2 heterocycles. The minimum absolute atomic E-state index is 0.229. The highest BCUT2D eigenvalue weighted by Crippen LogP contribution is 2.24. The van der Waals surface area contributed by atoms with Gasteiger partial charge in [-0.1, -0.05) is 30.3 Å². The maximum atomic E-state index is 9.65. The van der Waals surface area contributed by atoms with Crippen molar-refractivity contribution in [2.24, 2.45) is 7.05 Å². The first-order chi connectivity index (χ1) is 14.7. The van der Waals surface area contributed by atoms with E-state index in [0.29, 0.717) is 12.6 Å². The van der Waals surface area contributed by atoms with E-state index >= 15 is 0 Å². The molecular weight excluding hydrogens is 374 g/mol. The lowest BCUT2D eigenvalue weighted by Crippen LogP contribution is -2.52. The van der Waals surface area contributed by atoms with Crippen molar-refractivity contribution < 1.29 is 9.84 Å². The van der Waals surface area contributed by atoms with Gasteiger partial charge in [-0.25, -0.2) is 0 Å². The van der Waals surface area contributed by atoms with Gasteiger partial charge in [0.15, 0.2) is 0 Å². The first-order valence-electron chi connectivity index (χ1n) is 11.0. The molecule has 3 aromatic rings. The first-order valence-corrected chi connectivity index (χ1v) is 11.0. The summed E-state index contributed by atoms with van der Waals surface area (Å²) < 4.78 is 7.78. The number of aryl methyl sites for hydroxylation is 1. The molecule has 0 spiro atoms. The van der Waals surface area contributed by atoms with Crippen LogP contribution in [0, 0.1) is 0 Å². The Bertz CT molecular complexity index is 951. The highest BCUT2D eigenvalue weighted by molar-refractivity contribution is 5.83. The summed E-state index contributed by atoms with van der Waals surface area (Å²) in [6.07, 6.45) is 3.07. The van der Waals surface area contributed by atoms with E-state index in [1.807, 2.05) is 6.92 Å². The number of aliphatic hydroxyl groups excluding tert-OH is 1. The molecule has 1 aromatic heterocycles. The van der Waals surface area contributed by atoms with Crippen molar-refractivity contribution in [3.8, 4) is 5.75 Å². The number of rotatable bonds is 8. The van der Waals surface area contributed by atoms with Crippen LogP contribution in [0.5, 0.6) is 5.75 Å². The molecule has 160 valence electrons. The number of para-hydroxylation sites is 1. The van der Waals surface area contributed by atoms with E-state index in [-0.39, 0.29) is 6.61 Å². The van der Waals surface area contributed by atoms with Crippen molar-refractivity contribution in [2.75, 3.05) is 32.8 Å². The third kappa shape index (κ3) is 4.69. The average Bonchev–Trinajstić information content (AvgIpc) is 3.07. The molecule has 0 radical (unpaired) electrons. The highest BCUT2D eigenvalue weighted by atomic mass is 16.5. The number of aliphatic hydroxyl groups is 1. The van der Waals surface area contributed by atoms with E-state index in [9.17, 15) is 5.11 Å². The molecule has 2 aromatic carbocycles. The number of hydrogen-bond acceptors (Lipinski definition) is 4. The molecule has 5 heteroatoms. The van der Waals surface area contributed by atoms with Gasteiger partial charge in [0.2, 0.25) is 0 Å². The number of benzene rings is 2. The van der Waals surface area contributed by atoms with Crippen LogP contribution in [0.3, 0.4) is 0 Å². The minimum atomic E-state index is 0.229. The van der Waals surface area contributed by atoms with Crippen molar-refractivity contribution in [2.45, 2.75) is 32.5 Å². The fourth-order valence-corrected chi connectivity index (χ4v) is 4.62. The average molecular weight is 408 g/mol. The molecule has 0 bridgehead atoms. The monoisotopic (exact) mass is 407 g/mol. The summed E-state index contributed by atoms with van der Waals surface area (Å²) in [6, 6.07) is 17.4. The molecule has 1 aliphatic rings. The van der Waals surface area contributed by atoms with Crippen molar-refractivity contribution in [1.29, 1.82) is 0 Å². The van der Waals surface area contributed by atoms with Gasteiger partial charge in [0.1, 0.15) is 5.75 Å². The number of aromatic nitrogens is 1. The van der Waals surface area contributed by atoms with Gasteiger partial charge in [-0.15, -0.1) is 0 Å². The number of piperazine rings is 1. The minimum Gasteiger partial charge on any atom is -0.494 e. The topological polar surface area (TPSA) is 40.9 Å². The van der Waals surface area contributed by atoms with E-state index in [0.717, 1.165) is 44.9 Å². The lowest BCUT2D eigenvalue weighted by molar-refractivity contribution is 0.0501. The smallest absolute Gasteiger partial charge is 0.119 e. The van der Waals surface area contributed by atoms with Crippen LogP contribution >= 0.6 is 0 Å².